The Labute approximate surface area is 58.4 Å². The van der Waals surface area contributed by atoms with Gasteiger partial charge in [0.15, 0.2) is 0 Å². The number of carboxylic acid groups (broad SMARTS) is 1. The van der Waals surface area contributed by atoms with E-state index in [1.54, 1.807) is 6.92 Å². The van der Waals surface area contributed by atoms with Crippen molar-refractivity contribution in [1.29, 1.82) is 0 Å². The van der Waals surface area contributed by atoms with Crippen LogP contribution in [0.1, 0.15) is 13.8 Å². The number of hydrogen-bond acceptors (Lipinski definition) is 1. The molecule has 0 atom stereocenters. The second kappa shape index (κ2) is 7.05. The first kappa shape index (κ1) is 10.9. The number of alkyl halides is 2. The summed E-state index contributed by atoms with van der Waals surface area (Å²) in [6, 6.07) is 0. The van der Waals surface area contributed by atoms with Crippen LogP contribution in [0.5, 0.6) is 0 Å². The lowest BCUT2D eigenvalue weighted by Gasteiger charge is -1.72. The van der Waals surface area contributed by atoms with Crippen LogP contribution in [0.25, 0.3) is 0 Å². The Morgan fingerprint density at radius 2 is 1.62 bits per heavy atom. The number of carbonyl (C=O) groups is 1. The molecule has 0 bridgehead atoms. The molecule has 2 nitrogen and oxygen atoms in total. The molecule has 50 valence electrons. The van der Waals surface area contributed by atoms with Crippen molar-refractivity contribution in [1.82, 2.24) is 0 Å². The lowest BCUT2D eigenvalue weighted by Crippen LogP contribution is -1.78. The van der Waals surface area contributed by atoms with E-state index in [4.69, 9.17) is 33.1 Å². The summed E-state index contributed by atoms with van der Waals surface area (Å²) < 4.78 is 0. The Bertz CT molecular complexity index is 56.3. The summed E-state index contributed by atoms with van der Waals surface area (Å²) in [5.74, 6) is -0.833. The van der Waals surface area contributed by atoms with Crippen LogP contribution in [-0.4, -0.2) is 15.9 Å². The SMILES string of the molecule is CC(=O)O.CC(Cl)Cl. The minimum absolute atomic E-state index is 0.222. The van der Waals surface area contributed by atoms with Crippen LogP contribution in [0.2, 0.25) is 0 Å². The highest BCUT2D eigenvalue weighted by molar-refractivity contribution is 6.43. The van der Waals surface area contributed by atoms with E-state index in [0.717, 1.165) is 6.92 Å². The van der Waals surface area contributed by atoms with Gasteiger partial charge >= 0.3 is 0 Å². The van der Waals surface area contributed by atoms with Crippen molar-refractivity contribution in [3.63, 3.8) is 0 Å². The largest absolute Gasteiger partial charge is 0.481 e. The van der Waals surface area contributed by atoms with Crippen molar-refractivity contribution in [2.24, 2.45) is 0 Å². The molecule has 0 spiro atoms. The molecular weight excluding hydrogens is 151 g/mol. The van der Waals surface area contributed by atoms with Gasteiger partial charge in [-0.2, -0.15) is 0 Å². The van der Waals surface area contributed by atoms with Crippen LogP contribution >= 0.6 is 23.2 Å². The van der Waals surface area contributed by atoms with Crippen molar-refractivity contribution >= 4 is 29.2 Å². The van der Waals surface area contributed by atoms with Gasteiger partial charge in [-0.05, 0) is 6.92 Å². The second-order valence-corrected chi connectivity index (χ2v) is 2.57. The summed E-state index contributed by atoms with van der Waals surface area (Å²) in [7, 11) is 0. The molecular formula is C4H8Cl2O2. The predicted octanol–water partition coefficient (Wildman–Crippen LogP) is 1.90. The maximum absolute atomic E-state index is 9.00. The highest BCUT2D eigenvalue weighted by Gasteiger charge is 1.75. The predicted molar refractivity (Wildman–Crippen MR) is 34.5 cm³/mol. The lowest BCUT2D eigenvalue weighted by molar-refractivity contribution is -0.134. The zero-order valence-corrected chi connectivity index (χ0v) is 6.20. The number of hydrogen-bond donors (Lipinski definition) is 1. The first-order valence-electron chi connectivity index (χ1n) is 1.94. The zero-order chi connectivity index (χ0) is 7.15. The molecule has 0 fully saturated rings. The summed E-state index contributed by atoms with van der Waals surface area (Å²) in [5, 5.41) is 7.42. The monoisotopic (exact) mass is 158 g/mol. The fourth-order valence-corrected chi connectivity index (χ4v) is 0. The molecule has 0 heterocycles. The highest BCUT2D eigenvalue weighted by Crippen LogP contribution is 1.95. The Morgan fingerprint density at radius 1 is 1.62 bits per heavy atom. The first-order valence-corrected chi connectivity index (χ1v) is 2.81. The van der Waals surface area contributed by atoms with E-state index in [-0.39, 0.29) is 4.84 Å². The third kappa shape index (κ3) is 61700. The second-order valence-electron chi connectivity index (χ2n) is 1.04. The van der Waals surface area contributed by atoms with E-state index in [9.17, 15) is 0 Å². The molecule has 8 heavy (non-hydrogen) atoms. The van der Waals surface area contributed by atoms with Gasteiger partial charge in [0.25, 0.3) is 5.97 Å². The summed E-state index contributed by atoms with van der Waals surface area (Å²) in [4.78, 5) is 8.78. The maximum atomic E-state index is 9.00. The van der Waals surface area contributed by atoms with Gasteiger partial charge in [0, 0.05) is 6.92 Å². The van der Waals surface area contributed by atoms with Crippen LogP contribution < -0.4 is 0 Å². The number of aliphatic carboxylic acids is 1. The van der Waals surface area contributed by atoms with Gasteiger partial charge in [-0.1, -0.05) is 0 Å². The Hall–Kier alpha value is 0.0500. The van der Waals surface area contributed by atoms with E-state index in [1.807, 2.05) is 0 Å². The molecule has 0 aromatic heterocycles. The van der Waals surface area contributed by atoms with Crippen LogP contribution in [0.15, 0.2) is 0 Å². The topological polar surface area (TPSA) is 37.3 Å². The summed E-state index contributed by atoms with van der Waals surface area (Å²) in [6.07, 6.45) is 0. The van der Waals surface area contributed by atoms with Crippen LogP contribution in [0.3, 0.4) is 0 Å². The van der Waals surface area contributed by atoms with Gasteiger partial charge < -0.3 is 5.11 Å². The van der Waals surface area contributed by atoms with Crippen molar-refractivity contribution in [3.05, 3.63) is 0 Å². The molecule has 0 aliphatic rings. The van der Waals surface area contributed by atoms with Gasteiger partial charge in [-0.3, -0.25) is 4.79 Å². The van der Waals surface area contributed by atoms with E-state index in [0.29, 0.717) is 0 Å². The van der Waals surface area contributed by atoms with Gasteiger partial charge in [-0.15, -0.1) is 23.2 Å². The van der Waals surface area contributed by atoms with Gasteiger partial charge in [0.2, 0.25) is 0 Å². The van der Waals surface area contributed by atoms with E-state index >= 15 is 0 Å². The summed E-state index contributed by atoms with van der Waals surface area (Å²) in [6.45, 7) is 2.78. The average Bonchev–Trinajstić information content (AvgIpc) is 1.25. The van der Waals surface area contributed by atoms with E-state index in [2.05, 4.69) is 0 Å². The average molecular weight is 159 g/mol. The van der Waals surface area contributed by atoms with Crippen LogP contribution in [0, 0.1) is 0 Å². The maximum Gasteiger partial charge on any atom is 0.300 e. The van der Waals surface area contributed by atoms with Crippen LogP contribution in [0.4, 0.5) is 0 Å². The standard InChI is InChI=1S/C2H4Cl2.C2H4O2/c2*1-2(3)4/h2H,1H3;1H3,(H,3,4). The molecule has 0 aliphatic carbocycles. The lowest BCUT2D eigenvalue weighted by atomic mass is 10.9. The third-order valence-electron chi connectivity index (χ3n) is 0. The van der Waals surface area contributed by atoms with Crippen LogP contribution in [-0.2, 0) is 4.79 Å². The van der Waals surface area contributed by atoms with Gasteiger partial charge in [0.1, 0.15) is 4.84 Å². The van der Waals surface area contributed by atoms with Gasteiger partial charge in [0.05, 0.1) is 0 Å². The van der Waals surface area contributed by atoms with Crippen molar-refractivity contribution in [2.75, 3.05) is 0 Å². The Kier molecular flexibility index (Phi) is 9.63. The molecule has 0 rings (SSSR count). The number of halogens is 2. The normalized spacial score (nSPS) is 7.62. The molecule has 0 aromatic rings. The highest BCUT2D eigenvalue weighted by atomic mass is 35.5. The number of carboxylic acids is 1. The van der Waals surface area contributed by atoms with Gasteiger partial charge in [-0.25, -0.2) is 0 Å². The molecule has 0 aliphatic heterocycles. The summed E-state index contributed by atoms with van der Waals surface area (Å²) in [5.41, 5.74) is 0. The molecule has 0 unspecified atom stereocenters. The van der Waals surface area contributed by atoms with E-state index < -0.39 is 5.97 Å². The molecule has 0 saturated heterocycles. The quantitative estimate of drug-likeness (QED) is 0.548. The van der Waals surface area contributed by atoms with Crippen molar-refractivity contribution < 1.29 is 9.90 Å². The third-order valence-corrected chi connectivity index (χ3v) is 0. The fraction of sp³-hybridized carbons (Fsp3) is 0.750. The molecule has 4 heteroatoms. The zero-order valence-electron chi connectivity index (χ0n) is 4.69. The Morgan fingerprint density at radius 3 is 1.62 bits per heavy atom. The smallest absolute Gasteiger partial charge is 0.300 e. The van der Waals surface area contributed by atoms with Crippen molar-refractivity contribution in [3.8, 4) is 0 Å². The van der Waals surface area contributed by atoms with Crippen molar-refractivity contribution in [2.45, 2.75) is 18.7 Å². The Balaban J connectivity index is 0. The molecule has 0 saturated carbocycles. The number of rotatable bonds is 0. The molecule has 1 N–H and O–H groups in total. The molecule has 0 amide bonds. The minimum Gasteiger partial charge on any atom is -0.481 e. The van der Waals surface area contributed by atoms with E-state index in [1.165, 1.54) is 0 Å². The minimum atomic E-state index is -0.833. The molecule has 0 radical (unpaired) electrons. The first-order chi connectivity index (χ1) is 3.46. The summed E-state index contributed by atoms with van der Waals surface area (Å²) >= 11 is 10.1. The fourth-order valence-electron chi connectivity index (χ4n) is 0. The molecule has 0 aromatic carbocycles.